The third kappa shape index (κ3) is 3.45. The Bertz CT molecular complexity index is 1310. The molecule has 30 heavy (non-hydrogen) atoms. The fourth-order valence-electron chi connectivity index (χ4n) is 3.94. The number of aryl methyl sites for hydroxylation is 1. The Morgan fingerprint density at radius 2 is 1.97 bits per heavy atom. The SMILES string of the molecule is Cc1ccc2nc(N3CCS(=O)(=O)c4ccccc4C3)cc(NC3=NCC=C3)c2c1. The van der Waals surface area contributed by atoms with E-state index in [0.717, 1.165) is 39.4 Å². The predicted molar refractivity (Wildman–Crippen MR) is 121 cm³/mol. The second-order valence-electron chi connectivity index (χ2n) is 7.65. The number of aliphatic imine (C=N–C) groups is 1. The van der Waals surface area contributed by atoms with Gasteiger partial charge in [0.15, 0.2) is 9.84 Å². The van der Waals surface area contributed by atoms with Crippen LogP contribution < -0.4 is 10.2 Å². The standard InChI is InChI=1S/C23H22N4O2S/c1-16-8-9-19-18(13-16)20(25-22-7-4-10-24-22)14-23(26-19)27-11-12-30(28,29)21-6-3-2-5-17(21)15-27/h2-9,13-14H,10-12,15H2,1H3,(H,24,25,26). The quantitative estimate of drug-likeness (QED) is 0.687. The minimum absolute atomic E-state index is 0.0653. The highest BCUT2D eigenvalue weighted by Gasteiger charge is 2.26. The van der Waals surface area contributed by atoms with E-state index in [-0.39, 0.29) is 5.75 Å². The first-order chi connectivity index (χ1) is 14.5. The van der Waals surface area contributed by atoms with Gasteiger partial charge in [-0.15, -0.1) is 0 Å². The Kier molecular flexibility index (Phi) is 4.55. The van der Waals surface area contributed by atoms with Gasteiger partial charge in [-0.1, -0.05) is 35.9 Å². The second kappa shape index (κ2) is 7.25. The largest absolute Gasteiger partial charge is 0.351 e. The van der Waals surface area contributed by atoms with E-state index in [2.05, 4.69) is 23.3 Å². The Hall–Kier alpha value is -3.19. The van der Waals surface area contributed by atoms with Gasteiger partial charge in [0.05, 0.1) is 28.4 Å². The number of fused-ring (bicyclic) bond motifs is 2. The maximum atomic E-state index is 12.7. The van der Waals surface area contributed by atoms with Crippen molar-refractivity contribution in [2.24, 2.45) is 4.99 Å². The number of benzene rings is 2. The molecule has 6 nitrogen and oxygen atoms in total. The maximum absolute atomic E-state index is 12.7. The molecule has 5 rings (SSSR count). The van der Waals surface area contributed by atoms with Crippen molar-refractivity contribution in [3.05, 3.63) is 71.8 Å². The molecule has 0 aliphatic carbocycles. The summed E-state index contributed by atoms with van der Waals surface area (Å²) in [6, 6.07) is 15.4. The number of nitrogens with zero attached hydrogens (tertiary/aromatic N) is 3. The van der Waals surface area contributed by atoms with E-state index in [0.29, 0.717) is 24.5 Å². The first kappa shape index (κ1) is 18.8. The summed E-state index contributed by atoms with van der Waals surface area (Å²) in [5.74, 6) is 1.64. The Balaban J connectivity index is 1.61. The minimum atomic E-state index is -3.31. The molecule has 2 aromatic carbocycles. The Morgan fingerprint density at radius 1 is 1.10 bits per heavy atom. The molecular weight excluding hydrogens is 396 g/mol. The minimum Gasteiger partial charge on any atom is -0.351 e. The van der Waals surface area contributed by atoms with E-state index in [1.54, 1.807) is 12.1 Å². The molecule has 7 heteroatoms. The van der Waals surface area contributed by atoms with Gasteiger partial charge in [-0.2, -0.15) is 0 Å². The summed E-state index contributed by atoms with van der Waals surface area (Å²) >= 11 is 0. The Morgan fingerprint density at radius 3 is 2.80 bits per heavy atom. The van der Waals surface area contributed by atoms with Crippen molar-refractivity contribution in [2.45, 2.75) is 18.4 Å². The van der Waals surface area contributed by atoms with Gasteiger partial charge in [0, 0.05) is 24.5 Å². The lowest BCUT2D eigenvalue weighted by Crippen LogP contribution is -2.26. The zero-order valence-electron chi connectivity index (χ0n) is 16.7. The first-order valence-electron chi connectivity index (χ1n) is 9.95. The van der Waals surface area contributed by atoms with Crippen LogP contribution in [0.3, 0.4) is 0 Å². The highest BCUT2D eigenvalue weighted by molar-refractivity contribution is 7.91. The summed E-state index contributed by atoms with van der Waals surface area (Å²) in [4.78, 5) is 11.8. The molecule has 3 heterocycles. The molecule has 2 aliphatic heterocycles. The number of hydrogen-bond donors (Lipinski definition) is 1. The van der Waals surface area contributed by atoms with Crippen molar-refractivity contribution in [1.82, 2.24) is 4.98 Å². The molecule has 0 fully saturated rings. The number of rotatable bonds is 2. The van der Waals surface area contributed by atoms with E-state index in [1.807, 2.05) is 47.4 Å². The number of hydrogen-bond acceptors (Lipinski definition) is 6. The lowest BCUT2D eigenvalue weighted by Gasteiger charge is -2.23. The normalized spacial score (nSPS) is 17.5. The number of anilines is 2. The second-order valence-corrected chi connectivity index (χ2v) is 9.73. The smallest absolute Gasteiger partial charge is 0.180 e. The van der Waals surface area contributed by atoms with E-state index in [9.17, 15) is 8.42 Å². The molecule has 0 bridgehead atoms. The van der Waals surface area contributed by atoms with Crippen molar-refractivity contribution in [3.63, 3.8) is 0 Å². The van der Waals surface area contributed by atoms with Gasteiger partial charge < -0.3 is 10.2 Å². The van der Waals surface area contributed by atoms with E-state index >= 15 is 0 Å². The first-order valence-corrected chi connectivity index (χ1v) is 11.6. The molecule has 152 valence electrons. The number of pyridine rings is 1. The van der Waals surface area contributed by atoms with Crippen LogP contribution in [0, 0.1) is 6.92 Å². The van der Waals surface area contributed by atoms with Gasteiger partial charge in [0.2, 0.25) is 0 Å². The lowest BCUT2D eigenvalue weighted by atomic mass is 10.1. The molecule has 0 unspecified atom stereocenters. The van der Waals surface area contributed by atoms with Crippen molar-refractivity contribution in [1.29, 1.82) is 0 Å². The van der Waals surface area contributed by atoms with Crippen molar-refractivity contribution >= 4 is 38.1 Å². The summed E-state index contributed by atoms with van der Waals surface area (Å²) in [6.45, 7) is 3.63. The molecule has 0 spiro atoms. The summed E-state index contributed by atoms with van der Waals surface area (Å²) in [5, 5.41) is 4.44. The molecule has 1 N–H and O–H groups in total. The molecule has 0 amide bonds. The summed E-state index contributed by atoms with van der Waals surface area (Å²) < 4.78 is 25.5. The zero-order valence-corrected chi connectivity index (χ0v) is 17.5. The van der Waals surface area contributed by atoms with Crippen molar-refractivity contribution in [2.75, 3.05) is 29.1 Å². The van der Waals surface area contributed by atoms with Gasteiger partial charge in [0.25, 0.3) is 0 Å². The van der Waals surface area contributed by atoms with Crippen molar-refractivity contribution < 1.29 is 8.42 Å². The molecule has 3 aromatic rings. The molecule has 1 aromatic heterocycles. The highest BCUT2D eigenvalue weighted by atomic mass is 32.2. The van der Waals surface area contributed by atoms with Gasteiger partial charge in [-0.3, -0.25) is 4.99 Å². The summed E-state index contributed by atoms with van der Waals surface area (Å²) in [6.07, 6.45) is 3.98. The summed E-state index contributed by atoms with van der Waals surface area (Å²) in [5.41, 5.74) is 3.74. The van der Waals surface area contributed by atoms with Crippen LogP contribution in [0.4, 0.5) is 11.5 Å². The van der Waals surface area contributed by atoms with Gasteiger partial charge in [-0.25, -0.2) is 13.4 Å². The van der Waals surface area contributed by atoms with Gasteiger partial charge >= 0.3 is 0 Å². The average molecular weight is 419 g/mol. The number of aromatic nitrogens is 1. The molecule has 0 atom stereocenters. The topological polar surface area (TPSA) is 74.7 Å². The molecule has 0 saturated carbocycles. The van der Waals surface area contributed by atoms with Crippen LogP contribution in [0.15, 0.2) is 70.6 Å². The van der Waals surface area contributed by atoms with Crippen LogP contribution in [0.1, 0.15) is 11.1 Å². The molecular formula is C23H22N4O2S. The highest BCUT2D eigenvalue weighted by Crippen LogP contribution is 2.31. The van der Waals surface area contributed by atoms with Crippen LogP contribution in [0.2, 0.25) is 0 Å². The maximum Gasteiger partial charge on any atom is 0.180 e. The third-order valence-corrected chi connectivity index (χ3v) is 7.27. The molecule has 0 saturated heterocycles. The number of sulfone groups is 1. The average Bonchev–Trinajstić information content (AvgIpc) is 3.20. The predicted octanol–water partition coefficient (Wildman–Crippen LogP) is 3.72. The third-order valence-electron chi connectivity index (χ3n) is 5.48. The lowest BCUT2D eigenvalue weighted by molar-refractivity contribution is 0.596. The van der Waals surface area contributed by atoms with Crippen LogP contribution in [0.25, 0.3) is 10.9 Å². The van der Waals surface area contributed by atoms with E-state index in [4.69, 9.17) is 4.98 Å². The number of amidine groups is 1. The van der Waals surface area contributed by atoms with Gasteiger partial charge in [-0.05, 0) is 36.8 Å². The fraction of sp³-hybridized carbons (Fsp3) is 0.217. The number of nitrogens with one attached hydrogen (secondary N) is 1. The molecule has 0 radical (unpaired) electrons. The van der Waals surface area contributed by atoms with Crippen LogP contribution in [-0.4, -0.2) is 38.1 Å². The monoisotopic (exact) mass is 418 g/mol. The van der Waals surface area contributed by atoms with Crippen LogP contribution in [-0.2, 0) is 16.4 Å². The van der Waals surface area contributed by atoms with E-state index < -0.39 is 9.84 Å². The van der Waals surface area contributed by atoms with Gasteiger partial charge in [0.1, 0.15) is 11.7 Å². The Labute approximate surface area is 175 Å². The zero-order chi connectivity index (χ0) is 20.7. The fourth-order valence-corrected chi connectivity index (χ4v) is 5.44. The van der Waals surface area contributed by atoms with Crippen molar-refractivity contribution in [3.8, 4) is 0 Å². The molecule has 2 aliphatic rings. The van der Waals surface area contributed by atoms with Crippen LogP contribution in [0.5, 0.6) is 0 Å². The summed E-state index contributed by atoms with van der Waals surface area (Å²) in [7, 11) is -3.31. The van der Waals surface area contributed by atoms with Crippen LogP contribution >= 0.6 is 0 Å². The van der Waals surface area contributed by atoms with E-state index in [1.165, 1.54) is 0 Å².